The van der Waals surface area contributed by atoms with Crippen LogP contribution in [0.2, 0.25) is 0 Å². The van der Waals surface area contributed by atoms with Crippen LogP contribution in [-0.2, 0) is 36.3 Å². The van der Waals surface area contributed by atoms with E-state index < -0.39 is 32.1 Å². The molecule has 2 aliphatic heterocycles. The van der Waals surface area contributed by atoms with Gasteiger partial charge in [0.05, 0.1) is 23.3 Å². The van der Waals surface area contributed by atoms with Gasteiger partial charge in [-0.05, 0) is 5.56 Å². The molecule has 1 aromatic carbocycles. The molecule has 2 fully saturated rings. The first-order chi connectivity index (χ1) is 13.9. The Morgan fingerprint density at radius 3 is 2.72 bits per heavy atom. The van der Waals surface area contributed by atoms with Crippen molar-refractivity contribution in [3.63, 3.8) is 0 Å². The third kappa shape index (κ3) is 4.32. The summed E-state index contributed by atoms with van der Waals surface area (Å²) in [5, 5.41) is -0.689. The van der Waals surface area contributed by atoms with Gasteiger partial charge in [-0.25, -0.2) is 0 Å². The second-order valence-corrected chi connectivity index (χ2v) is 10.4. The molecule has 0 saturated carbocycles. The number of halogens is 1. The summed E-state index contributed by atoms with van der Waals surface area (Å²) in [6, 6.07) is 9.22. The normalized spacial score (nSPS) is 28.2. The van der Waals surface area contributed by atoms with Crippen molar-refractivity contribution in [1.29, 1.82) is 0 Å². The number of β-lactam (4-membered cyclic amide) rings is 1. The van der Waals surface area contributed by atoms with Crippen molar-refractivity contribution in [2.24, 2.45) is 5.92 Å². The first-order valence-corrected chi connectivity index (χ1v) is 11.7. The molecular formula is C19H19BClNO5S2. The van der Waals surface area contributed by atoms with Crippen LogP contribution in [-0.4, -0.2) is 62.4 Å². The maximum atomic E-state index is 13.2. The van der Waals surface area contributed by atoms with Gasteiger partial charge in [0.1, 0.15) is 11.2 Å². The summed E-state index contributed by atoms with van der Waals surface area (Å²) in [7, 11) is 3.32. The number of amides is 1. The van der Waals surface area contributed by atoms with E-state index in [2.05, 4.69) is 4.65 Å². The molecule has 2 saturated heterocycles. The summed E-state index contributed by atoms with van der Waals surface area (Å²) in [6.45, 7) is -0.0537. The van der Waals surface area contributed by atoms with Gasteiger partial charge in [-0.1, -0.05) is 42.5 Å². The fourth-order valence-corrected chi connectivity index (χ4v) is 7.33. The number of rotatable bonds is 9. The second-order valence-electron chi connectivity index (χ2n) is 6.76. The number of benzene rings is 1. The molecule has 1 aromatic rings. The van der Waals surface area contributed by atoms with Crippen LogP contribution in [0, 0.1) is 5.92 Å². The standard InChI is InChI=1S/C19H19BClNO5S2/c20-27-18(25)19(28-9-5-4-8-21)12-22-16(24)15(17(22)29(19)26)11-14(23)10-13-6-2-1-3-7-13/h1-7,15,17H,8-12H2/b5-4+/t15-,17-,19?,29?/m1/s1. The Hall–Kier alpha value is -1.58. The number of Topliss-reactive ketones (excluding diaryl/α,β-unsaturated/α-hetero) is 1. The van der Waals surface area contributed by atoms with Crippen molar-refractivity contribution in [2.45, 2.75) is 22.3 Å². The van der Waals surface area contributed by atoms with Gasteiger partial charge in [-0.15, -0.1) is 23.4 Å². The minimum atomic E-state index is -1.76. The van der Waals surface area contributed by atoms with Crippen LogP contribution >= 0.6 is 23.4 Å². The molecule has 0 N–H and O–H groups in total. The molecule has 0 spiro atoms. The van der Waals surface area contributed by atoms with Gasteiger partial charge < -0.3 is 9.55 Å². The van der Waals surface area contributed by atoms with E-state index in [-0.39, 0.29) is 31.1 Å². The van der Waals surface area contributed by atoms with Crippen LogP contribution in [0.1, 0.15) is 12.0 Å². The van der Waals surface area contributed by atoms with Crippen LogP contribution in [0.15, 0.2) is 42.5 Å². The van der Waals surface area contributed by atoms with Gasteiger partial charge >= 0.3 is 14.0 Å². The molecule has 0 aliphatic carbocycles. The number of allylic oxidation sites excluding steroid dienone is 1. The Bertz CT molecular complexity index is 852. The van der Waals surface area contributed by atoms with Gasteiger partial charge in [0.2, 0.25) is 9.99 Å². The number of thioether (sulfide) groups is 1. The van der Waals surface area contributed by atoms with E-state index in [9.17, 15) is 18.6 Å². The van der Waals surface area contributed by atoms with E-state index in [0.29, 0.717) is 11.6 Å². The summed E-state index contributed by atoms with van der Waals surface area (Å²) in [4.78, 5) is 38.8. The number of hydrogen-bond donors (Lipinski definition) is 0. The van der Waals surface area contributed by atoms with E-state index >= 15 is 0 Å². The van der Waals surface area contributed by atoms with E-state index in [0.717, 1.165) is 17.3 Å². The second kappa shape index (κ2) is 9.49. The van der Waals surface area contributed by atoms with Gasteiger partial charge in [0, 0.05) is 24.5 Å². The Labute approximate surface area is 182 Å². The number of alkyl halides is 1. The molecular weight excluding hydrogens is 433 g/mol. The van der Waals surface area contributed by atoms with Gasteiger partial charge in [0.25, 0.3) is 0 Å². The van der Waals surface area contributed by atoms with E-state index in [1.807, 2.05) is 30.3 Å². The average Bonchev–Trinajstić information content (AvgIpc) is 2.99. The molecule has 4 atom stereocenters. The Balaban J connectivity index is 1.71. The predicted octanol–water partition coefficient (Wildman–Crippen LogP) is 1.59. The quantitative estimate of drug-likeness (QED) is 0.245. The smallest absolute Gasteiger partial charge is 0.378 e. The third-order valence-electron chi connectivity index (χ3n) is 4.95. The van der Waals surface area contributed by atoms with E-state index in [1.54, 1.807) is 12.2 Å². The maximum Gasteiger partial charge on any atom is 0.378 e. The molecule has 2 radical (unpaired) electrons. The summed E-state index contributed by atoms with van der Waals surface area (Å²) < 4.78 is 16.2. The fourth-order valence-electron chi connectivity index (χ4n) is 3.55. The molecule has 10 heteroatoms. The molecule has 3 rings (SSSR count). The van der Waals surface area contributed by atoms with Crippen molar-refractivity contribution in [1.82, 2.24) is 4.90 Å². The maximum absolute atomic E-state index is 13.2. The number of carbonyl (C=O) groups is 3. The zero-order valence-electron chi connectivity index (χ0n) is 15.5. The number of hydrogen-bond acceptors (Lipinski definition) is 6. The molecule has 0 aromatic heterocycles. The fraction of sp³-hybridized carbons (Fsp3) is 0.421. The molecule has 2 aliphatic rings. The highest BCUT2D eigenvalue weighted by Crippen LogP contribution is 2.48. The van der Waals surface area contributed by atoms with Gasteiger partial charge in [-0.3, -0.25) is 18.6 Å². The first kappa shape index (κ1) is 22.1. The highest BCUT2D eigenvalue weighted by atomic mass is 35.5. The molecule has 2 unspecified atom stereocenters. The van der Waals surface area contributed by atoms with Gasteiger partial charge in [0.15, 0.2) is 0 Å². The van der Waals surface area contributed by atoms with Crippen molar-refractivity contribution in [2.75, 3.05) is 18.2 Å². The van der Waals surface area contributed by atoms with Crippen molar-refractivity contribution in [3.05, 3.63) is 48.0 Å². The van der Waals surface area contributed by atoms with Crippen LogP contribution in [0.4, 0.5) is 0 Å². The molecule has 152 valence electrons. The minimum absolute atomic E-state index is 0.00873. The van der Waals surface area contributed by atoms with Crippen LogP contribution in [0.25, 0.3) is 0 Å². The molecule has 1 amide bonds. The Morgan fingerprint density at radius 2 is 2.07 bits per heavy atom. The Kier molecular flexibility index (Phi) is 7.24. The monoisotopic (exact) mass is 451 g/mol. The van der Waals surface area contributed by atoms with Crippen LogP contribution < -0.4 is 0 Å². The van der Waals surface area contributed by atoms with Crippen LogP contribution in [0.5, 0.6) is 0 Å². The van der Waals surface area contributed by atoms with Gasteiger partial charge in [-0.2, -0.15) is 0 Å². The highest BCUT2D eigenvalue weighted by molar-refractivity contribution is 8.14. The average molecular weight is 452 g/mol. The molecule has 0 bridgehead atoms. The third-order valence-corrected chi connectivity index (χ3v) is 9.07. The lowest BCUT2D eigenvalue weighted by atomic mass is 9.90. The van der Waals surface area contributed by atoms with E-state index in [4.69, 9.17) is 19.7 Å². The SMILES string of the molecule is [B]OC(=O)C1(SC/C=C/CCl)CN2C(=O)[C@@H](CC(=O)Cc3ccccc3)[C@H]2S1=O. The van der Waals surface area contributed by atoms with Crippen molar-refractivity contribution in [3.8, 4) is 0 Å². The molecule has 29 heavy (non-hydrogen) atoms. The number of ketones is 1. The van der Waals surface area contributed by atoms with Crippen LogP contribution in [0.3, 0.4) is 0 Å². The summed E-state index contributed by atoms with van der Waals surface area (Å²) in [5.74, 6) is -1.23. The van der Waals surface area contributed by atoms with E-state index in [1.165, 1.54) is 4.90 Å². The first-order valence-electron chi connectivity index (χ1n) is 8.97. The summed E-state index contributed by atoms with van der Waals surface area (Å²) >= 11 is 6.70. The number of fused-ring (bicyclic) bond motifs is 1. The lowest BCUT2D eigenvalue weighted by Crippen LogP contribution is -2.59. The minimum Gasteiger partial charge on any atom is -0.542 e. The number of carbonyl (C=O) groups excluding carboxylic acids is 3. The Morgan fingerprint density at radius 1 is 1.34 bits per heavy atom. The molecule has 6 nitrogen and oxygen atoms in total. The molecule has 2 heterocycles. The van der Waals surface area contributed by atoms with Crippen molar-refractivity contribution >= 4 is 59.9 Å². The van der Waals surface area contributed by atoms with Crippen molar-refractivity contribution < 1.29 is 23.2 Å². The topological polar surface area (TPSA) is 80.8 Å². The lowest BCUT2D eigenvalue weighted by molar-refractivity contribution is -0.152. The zero-order valence-corrected chi connectivity index (χ0v) is 17.9. The summed E-state index contributed by atoms with van der Waals surface area (Å²) in [6.07, 6.45) is 3.65. The zero-order chi connectivity index (χ0) is 21.0. The number of nitrogens with zero attached hydrogens (tertiary/aromatic N) is 1. The predicted molar refractivity (Wildman–Crippen MR) is 114 cm³/mol. The largest absolute Gasteiger partial charge is 0.542 e. The lowest BCUT2D eigenvalue weighted by Gasteiger charge is -2.40. The summed E-state index contributed by atoms with van der Waals surface area (Å²) in [5.41, 5.74) is 0.858. The highest BCUT2D eigenvalue weighted by Gasteiger charge is 2.66.